The average Bonchev–Trinajstić information content (AvgIpc) is 2.90. The normalized spacial score (nSPS) is 49.9. The zero-order valence-corrected chi connectivity index (χ0v) is 9.15. The smallest absolute Gasteiger partial charge is 0.242 e. The van der Waals surface area contributed by atoms with Gasteiger partial charge in [0.25, 0.3) is 0 Å². The molecule has 15 heavy (non-hydrogen) atoms. The van der Waals surface area contributed by atoms with Gasteiger partial charge in [-0.05, 0) is 32.1 Å². The van der Waals surface area contributed by atoms with Crippen LogP contribution in [0, 0.1) is 5.92 Å². The van der Waals surface area contributed by atoms with Crippen molar-refractivity contribution in [3.8, 4) is 0 Å². The number of amides is 1. The molecule has 0 aromatic carbocycles. The number of fused-ring (bicyclic) bond motifs is 3. The number of hydrogen-bond acceptors (Lipinski definition) is 3. The van der Waals surface area contributed by atoms with Gasteiger partial charge in [0.1, 0.15) is 6.04 Å². The Labute approximate surface area is 90.0 Å². The van der Waals surface area contributed by atoms with E-state index in [4.69, 9.17) is 11.5 Å². The average molecular weight is 209 g/mol. The first-order chi connectivity index (χ1) is 7.09. The first-order valence-electron chi connectivity index (χ1n) is 5.93. The summed E-state index contributed by atoms with van der Waals surface area (Å²) < 4.78 is 0. The fraction of sp³-hybridized carbons (Fsp3) is 0.909. The van der Waals surface area contributed by atoms with Crippen LogP contribution >= 0.6 is 0 Å². The molecule has 4 unspecified atom stereocenters. The van der Waals surface area contributed by atoms with Crippen molar-refractivity contribution < 1.29 is 4.79 Å². The Morgan fingerprint density at radius 1 is 1.53 bits per heavy atom. The minimum atomic E-state index is -0.250. The number of nitrogens with zero attached hydrogens (tertiary/aromatic N) is 1. The maximum atomic E-state index is 11.8. The summed E-state index contributed by atoms with van der Waals surface area (Å²) in [5.41, 5.74) is 11.9. The van der Waals surface area contributed by atoms with Crippen LogP contribution in [-0.4, -0.2) is 34.5 Å². The van der Waals surface area contributed by atoms with E-state index < -0.39 is 0 Å². The van der Waals surface area contributed by atoms with Gasteiger partial charge in [-0.2, -0.15) is 0 Å². The maximum Gasteiger partial charge on any atom is 0.242 e. The van der Waals surface area contributed by atoms with Crippen molar-refractivity contribution in [3.05, 3.63) is 0 Å². The SMILES string of the molecule is C[C@H](N)C12CC1CCCC1C(N)C(=O)N12. The number of carbonyl (C=O) groups is 1. The third-order valence-corrected chi connectivity index (χ3v) is 4.68. The molecule has 2 aliphatic heterocycles. The van der Waals surface area contributed by atoms with Crippen molar-refractivity contribution in [2.75, 3.05) is 0 Å². The fourth-order valence-corrected chi connectivity index (χ4v) is 3.72. The number of β-lactam (4-membered cyclic amide) rings is 1. The molecule has 2 saturated heterocycles. The van der Waals surface area contributed by atoms with Gasteiger partial charge in [0.2, 0.25) is 5.91 Å². The van der Waals surface area contributed by atoms with Gasteiger partial charge in [0.05, 0.1) is 11.6 Å². The summed E-state index contributed by atoms with van der Waals surface area (Å²) in [4.78, 5) is 13.9. The Balaban J connectivity index is 1.93. The van der Waals surface area contributed by atoms with Crippen molar-refractivity contribution >= 4 is 5.91 Å². The second-order valence-corrected chi connectivity index (χ2v) is 5.41. The molecule has 4 N–H and O–H groups in total. The highest BCUT2D eigenvalue weighted by Crippen LogP contribution is 2.58. The lowest BCUT2D eigenvalue weighted by Crippen LogP contribution is -2.74. The molecule has 0 bridgehead atoms. The van der Waals surface area contributed by atoms with Crippen molar-refractivity contribution in [2.45, 2.75) is 56.3 Å². The van der Waals surface area contributed by atoms with Crippen LogP contribution in [0.1, 0.15) is 32.6 Å². The van der Waals surface area contributed by atoms with Crippen LogP contribution in [0.15, 0.2) is 0 Å². The molecule has 1 aliphatic carbocycles. The Bertz CT molecular complexity index is 317. The molecule has 4 nitrogen and oxygen atoms in total. The van der Waals surface area contributed by atoms with E-state index in [-0.39, 0.29) is 29.6 Å². The van der Waals surface area contributed by atoms with Crippen LogP contribution in [0.5, 0.6) is 0 Å². The standard InChI is InChI=1S/C11H19N3O/c1-6(12)11-5-7(11)3-2-4-8-9(13)10(15)14(8)11/h6-9H,2-5,12-13H2,1H3/t6-,7?,8?,9?,11?/m0/s1. The van der Waals surface area contributed by atoms with E-state index in [1.54, 1.807) is 0 Å². The number of hydrogen-bond donors (Lipinski definition) is 2. The predicted octanol–water partition coefficient (Wildman–Crippen LogP) is -0.186. The van der Waals surface area contributed by atoms with Gasteiger partial charge in [-0.3, -0.25) is 4.79 Å². The Morgan fingerprint density at radius 2 is 2.27 bits per heavy atom. The first kappa shape index (κ1) is 9.60. The second-order valence-electron chi connectivity index (χ2n) is 5.41. The van der Waals surface area contributed by atoms with E-state index in [0.717, 1.165) is 12.8 Å². The minimum absolute atomic E-state index is 0.0197. The molecular weight excluding hydrogens is 190 g/mol. The molecule has 3 fully saturated rings. The first-order valence-corrected chi connectivity index (χ1v) is 5.93. The quantitative estimate of drug-likeness (QED) is 0.588. The molecule has 1 saturated carbocycles. The maximum absolute atomic E-state index is 11.8. The van der Waals surface area contributed by atoms with Crippen LogP contribution in [0.2, 0.25) is 0 Å². The molecule has 1 amide bonds. The molecule has 84 valence electrons. The van der Waals surface area contributed by atoms with Crippen LogP contribution in [0.3, 0.4) is 0 Å². The van der Waals surface area contributed by atoms with E-state index in [0.29, 0.717) is 5.92 Å². The van der Waals surface area contributed by atoms with Crippen LogP contribution in [-0.2, 0) is 4.79 Å². The Kier molecular flexibility index (Phi) is 1.75. The Hall–Kier alpha value is -0.610. The summed E-state index contributed by atoms with van der Waals surface area (Å²) in [6.45, 7) is 2.03. The van der Waals surface area contributed by atoms with Crippen molar-refractivity contribution in [1.82, 2.24) is 4.90 Å². The zero-order chi connectivity index (χ0) is 10.8. The highest BCUT2D eigenvalue weighted by molar-refractivity contribution is 5.90. The molecule has 0 radical (unpaired) electrons. The largest absolute Gasteiger partial charge is 0.329 e. The number of carbonyl (C=O) groups excluding carboxylic acids is 1. The highest BCUT2D eigenvalue weighted by Gasteiger charge is 2.68. The molecule has 4 heteroatoms. The number of nitrogens with two attached hydrogens (primary N) is 2. The van der Waals surface area contributed by atoms with Gasteiger partial charge in [-0.25, -0.2) is 0 Å². The van der Waals surface area contributed by atoms with Gasteiger partial charge in [0.15, 0.2) is 0 Å². The third-order valence-electron chi connectivity index (χ3n) is 4.68. The van der Waals surface area contributed by atoms with Crippen LogP contribution in [0.25, 0.3) is 0 Å². The summed E-state index contributed by atoms with van der Waals surface area (Å²) in [7, 11) is 0. The van der Waals surface area contributed by atoms with E-state index in [1.807, 2.05) is 11.8 Å². The highest BCUT2D eigenvalue weighted by atomic mass is 16.2. The molecule has 3 aliphatic rings. The van der Waals surface area contributed by atoms with Crippen molar-refractivity contribution in [1.29, 1.82) is 0 Å². The van der Waals surface area contributed by atoms with E-state index >= 15 is 0 Å². The van der Waals surface area contributed by atoms with Crippen molar-refractivity contribution in [3.63, 3.8) is 0 Å². The summed E-state index contributed by atoms with van der Waals surface area (Å²) >= 11 is 0. The Morgan fingerprint density at radius 3 is 2.93 bits per heavy atom. The number of rotatable bonds is 1. The summed E-state index contributed by atoms with van der Waals surface area (Å²) in [5, 5.41) is 0. The van der Waals surface area contributed by atoms with Gasteiger partial charge in [-0.15, -0.1) is 0 Å². The molecule has 0 aromatic heterocycles. The van der Waals surface area contributed by atoms with Gasteiger partial charge in [0, 0.05) is 6.04 Å². The van der Waals surface area contributed by atoms with E-state index in [9.17, 15) is 4.79 Å². The van der Waals surface area contributed by atoms with Gasteiger partial charge >= 0.3 is 0 Å². The minimum Gasteiger partial charge on any atom is -0.329 e. The molecule has 5 atom stereocenters. The lowest BCUT2D eigenvalue weighted by atomic mass is 9.88. The molecule has 0 spiro atoms. The van der Waals surface area contributed by atoms with Crippen LogP contribution < -0.4 is 11.5 Å². The molecule has 0 aromatic rings. The fourth-order valence-electron chi connectivity index (χ4n) is 3.72. The second kappa shape index (κ2) is 2.74. The predicted molar refractivity (Wildman–Crippen MR) is 56.9 cm³/mol. The topological polar surface area (TPSA) is 72.3 Å². The molecule has 2 heterocycles. The van der Waals surface area contributed by atoms with Crippen LogP contribution in [0.4, 0.5) is 0 Å². The van der Waals surface area contributed by atoms with E-state index in [2.05, 4.69) is 0 Å². The van der Waals surface area contributed by atoms with Gasteiger partial charge in [-0.1, -0.05) is 6.42 Å². The summed E-state index contributed by atoms with van der Waals surface area (Å²) in [6, 6.07) is 0.107. The van der Waals surface area contributed by atoms with E-state index in [1.165, 1.54) is 12.8 Å². The molecular formula is C11H19N3O. The lowest BCUT2D eigenvalue weighted by molar-refractivity contribution is -0.156. The summed E-state index contributed by atoms with van der Waals surface area (Å²) in [6.07, 6.45) is 4.58. The molecule has 3 rings (SSSR count). The third kappa shape index (κ3) is 0.967. The lowest BCUT2D eigenvalue weighted by Gasteiger charge is -2.51. The summed E-state index contributed by atoms with van der Waals surface area (Å²) in [5.74, 6) is 0.764. The van der Waals surface area contributed by atoms with Crippen molar-refractivity contribution in [2.24, 2.45) is 17.4 Å². The zero-order valence-electron chi connectivity index (χ0n) is 9.15. The van der Waals surface area contributed by atoms with Gasteiger partial charge < -0.3 is 16.4 Å². The monoisotopic (exact) mass is 209 g/mol.